The molecule has 0 aromatic carbocycles. The van der Waals surface area contributed by atoms with E-state index >= 15 is 0 Å². The highest BCUT2D eigenvalue weighted by Gasteiger charge is 2.32. The molecule has 2 fully saturated rings. The van der Waals surface area contributed by atoms with Gasteiger partial charge in [0.2, 0.25) is 0 Å². The standard InChI is InChI=1S/C14H26N2O2/c1-14(2,13(17)18-3)7-9-16-8-6-11-4-5-12(10-16)15-11/h11-12,15H,4-10H2,1-3H3. The van der Waals surface area contributed by atoms with Crippen LogP contribution in [0.4, 0.5) is 0 Å². The van der Waals surface area contributed by atoms with Crippen LogP contribution in [-0.4, -0.2) is 49.7 Å². The van der Waals surface area contributed by atoms with Crippen molar-refractivity contribution in [1.29, 1.82) is 0 Å². The number of hydrogen-bond donors (Lipinski definition) is 1. The molecule has 2 aliphatic rings. The van der Waals surface area contributed by atoms with Crippen molar-refractivity contribution in [2.24, 2.45) is 5.41 Å². The zero-order valence-electron chi connectivity index (χ0n) is 11.9. The van der Waals surface area contributed by atoms with Gasteiger partial charge in [-0.25, -0.2) is 0 Å². The van der Waals surface area contributed by atoms with Crippen molar-refractivity contribution < 1.29 is 9.53 Å². The van der Waals surface area contributed by atoms with Gasteiger partial charge in [-0.05, 0) is 52.6 Å². The molecular formula is C14H26N2O2. The predicted molar refractivity (Wildman–Crippen MR) is 71.4 cm³/mol. The molecule has 0 aliphatic carbocycles. The average Bonchev–Trinajstić information content (AvgIpc) is 2.67. The Morgan fingerprint density at radius 2 is 2.06 bits per heavy atom. The van der Waals surface area contributed by atoms with Gasteiger partial charge in [-0.3, -0.25) is 4.79 Å². The Morgan fingerprint density at radius 1 is 1.33 bits per heavy atom. The van der Waals surface area contributed by atoms with Crippen molar-refractivity contribution in [2.75, 3.05) is 26.7 Å². The largest absolute Gasteiger partial charge is 0.469 e. The SMILES string of the molecule is COC(=O)C(C)(C)CCN1CCC2CCC(C1)N2. The van der Waals surface area contributed by atoms with Crippen LogP contribution in [-0.2, 0) is 9.53 Å². The lowest BCUT2D eigenvalue weighted by atomic mass is 9.89. The van der Waals surface area contributed by atoms with Crippen LogP contribution in [0.1, 0.15) is 39.5 Å². The molecule has 2 bridgehead atoms. The number of methoxy groups -OCH3 is 1. The number of carbonyl (C=O) groups is 1. The molecule has 4 heteroatoms. The van der Waals surface area contributed by atoms with Gasteiger partial charge in [0.1, 0.15) is 0 Å². The number of fused-ring (bicyclic) bond motifs is 2. The van der Waals surface area contributed by atoms with Crippen LogP contribution in [0, 0.1) is 5.41 Å². The van der Waals surface area contributed by atoms with Crippen LogP contribution in [0.25, 0.3) is 0 Å². The molecule has 0 aromatic heterocycles. The number of likely N-dealkylation sites (tertiary alicyclic amines) is 1. The normalized spacial score (nSPS) is 29.1. The minimum absolute atomic E-state index is 0.100. The fourth-order valence-corrected chi connectivity index (χ4v) is 3.03. The first-order valence-electron chi connectivity index (χ1n) is 7.08. The highest BCUT2D eigenvalue weighted by molar-refractivity contribution is 5.75. The summed E-state index contributed by atoms with van der Waals surface area (Å²) in [6, 6.07) is 1.40. The smallest absolute Gasteiger partial charge is 0.311 e. The van der Waals surface area contributed by atoms with Gasteiger partial charge in [0.05, 0.1) is 12.5 Å². The third kappa shape index (κ3) is 3.23. The van der Waals surface area contributed by atoms with Crippen LogP contribution in [0.2, 0.25) is 0 Å². The molecule has 0 radical (unpaired) electrons. The van der Waals surface area contributed by atoms with E-state index in [9.17, 15) is 4.79 Å². The molecule has 18 heavy (non-hydrogen) atoms. The number of carbonyl (C=O) groups excluding carboxylic acids is 1. The maximum Gasteiger partial charge on any atom is 0.311 e. The highest BCUT2D eigenvalue weighted by Crippen LogP contribution is 2.25. The van der Waals surface area contributed by atoms with E-state index in [0.29, 0.717) is 6.04 Å². The van der Waals surface area contributed by atoms with Gasteiger partial charge in [-0.15, -0.1) is 0 Å². The van der Waals surface area contributed by atoms with E-state index < -0.39 is 0 Å². The maximum atomic E-state index is 11.6. The Bertz CT molecular complexity index is 304. The second-order valence-electron chi connectivity index (χ2n) is 6.35. The lowest BCUT2D eigenvalue weighted by Gasteiger charge is -2.28. The fourth-order valence-electron chi connectivity index (χ4n) is 3.03. The third-order valence-electron chi connectivity index (χ3n) is 4.40. The molecule has 0 aromatic rings. The Kier molecular flexibility index (Phi) is 4.28. The number of nitrogens with zero attached hydrogens (tertiary/aromatic N) is 1. The van der Waals surface area contributed by atoms with Gasteiger partial charge in [0.15, 0.2) is 0 Å². The van der Waals surface area contributed by atoms with E-state index in [1.54, 1.807) is 0 Å². The lowest BCUT2D eigenvalue weighted by Crippen LogP contribution is -2.38. The molecule has 2 saturated heterocycles. The zero-order valence-corrected chi connectivity index (χ0v) is 11.9. The fraction of sp³-hybridized carbons (Fsp3) is 0.929. The van der Waals surface area contributed by atoms with Crippen LogP contribution >= 0.6 is 0 Å². The Morgan fingerprint density at radius 3 is 2.78 bits per heavy atom. The number of esters is 1. The minimum atomic E-state index is -0.368. The van der Waals surface area contributed by atoms with E-state index in [1.807, 2.05) is 13.8 Å². The number of hydrogen-bond acceptors (Lipinski definition) is 4. The monoisotopic (exact) mass is 254 g/mol. The van der Waals surface area contributed by atoms with Crippen molar-refractivity contribution in [1.82, 2.24) is 10.2 Å². The first-order chi connectivity index (χ1) is 8.51. The molecule has 0 spiro atoms. The minimum Gasteiger partial charge on any atom is -0.469 e. The third-order valence-corrected chi connectivity index (χ3v) is 4.40. The Balaban J connectivity index is 1.81. The van der Waals surface area contributed by atoms with Crippen molar-refractivity contribution in [3.63, 3.8) is 0 Å². The predicted octanol–water partition coefficient (Wildman–Crippen LogP) is 1.40. The molecule has 2 unspecified atom stereocenters. The summed E-state index contributed by atoms with van der Waals surface area (Å²) in [6.45, 7) is 7.23. The van der Waals surface area contributed by atoms with Crippen molar-refractivity contribution in [3.05, 3.63) is 0 Å². The Labute approximate surface area is 110 Å². The molecule has 2 aliphatic heterocycles. The van der Waals surface area contributed by atoms with Gasteiger partial charge in [0, 0.05) is 18.6 Å². The molecule has 1 N–H and O–H groups in total. The van der Waals surface area contributed by atoms with E-state index in [2.05, 4.69) is 10.2 Å². The Hall–Kier alpha value is -0.610. The molecule has 0 saturated carbocycles. The average molecular weight is 254 g/mol. The number of nitrogens with one attached hydrogen (secondary N) is 1. The van der Waals surface area contributed by atoms with Gasteiger partial charge >= 0.3 is 5.97 Å². The summed E-state index contributed by atoms with van der Waals surface area (Å²) < 4.78 is 4.86. The molecule has 4 nitrogen and oxygen atoms in total. The van der Waals surface area contributed by atoms with Crippen LogP contribution in [0.3, 0.4) is 0 Å². The van der Waals surface area contributed by atoms with Crippen molar-refractivity contribution >= 4 is 5.97 Å². The first kappa shape index (κ1) is 13.8. The van der Waals surface area contributed by atoms with Gasteiger partial charge < -0.3 is 15.0 Å². The van der Waals surface area contributed by atoms with Crippen molar-refractivity contribution in [3.8, 4) is 0 Å². The zero-order chi connectivity index (χ0) is 13.2. The van der Waals surface area contributed by atoms with Crippen LogP contribution in [0.15, 0.2) is 0 Å². The molecule has 0 amide bonds. The molecule has 104 valence electrons. The molecular weight excluding hydrogens is 228 g/mol. The summed E-state index contributed by atoms with van der Waals surface area (Å²) in [5.41, 5.74) is -0.368. The first-order valence-corrected chi connectivity index (χ1v) is 7.08. The number of ether oxygens (including phenoxy) is 1. The molecule has 2 rings (SSSR count). The van der Waals surface area contributed by atoms with E-state index in [4.69, 9.17) is 4.74 Å². The summed E-state index contributed by atoms with van der Waals surface area (Å²) >= 11 is 0. The maximum absolute atomic E-state index is 11.6. The molecule has 2 heterocycles. The second kappa shape index (κ2) is 5.57. The summed E-state index contributed by atoms with van der Waals surface area (Å²) in [4.78, 5) is 14.2. The second-order valence-corrected chi connectivity index (χ2v) is 6.35. The summed E-state index contributed by atoms with van der Waals surface area (Å²) in [5.74, 6) is -0.100. The topological polar surface area (TPSA) is 41.6 Å². The van der Waals surface area contributed by atoms with Crippen LogP contribution < -0.4 is 5.32 Å². The quantitative estimate of drug-likeness (QED) is 0.770. The van der Waals surface area contributed by atoms with E-state index in [1.165, 1.54) is 26.4 Å². The van der Waals surface area contributed by atoms with Crippen molar-refractivity contribution in [2.45, 2.75) is 51.6 Å². The summed E-state index contributed by atoms with van der Waals surface area (Å²) in [6.07, 6.45) is 4.76. The molecule has 2 atom stereocenters. The highest BCUT2D eigenvalue weighted by atomic mass is 16.5. The van der Waals surface area contributed by atoms with Crippen LogP contribution in [0.5, 0.6) is 0 Å². The van der Waals surface area contributed by atoms with Gasteiger partial charge in [0.25, 0.3) is 0 Å². The summed E-state index contributed by atoms with van der Waals surface area (Å²) in [5, 5.41) is 3.68. The summed E-state index contributed by atoms with van der Waals surface area (Å²) in [7, 11) is 1.47. The lowest BCUT2D eigenvalue weighted by molar-refractivity contribution is -0.151. The van der Waals surface area contributed by atoms with Gasteiger partial charge in [-0.1, -0.05) is 0 Å². The number of rotatable bonds is 4. The van der Waals surface area contributed by atoms with E-state index in [0.717, 1.165) is 32.1 Å². The van der Waals surface area contributed by atoms with Gasteiger partial charge in [-0.2, -0.15) is 0 Å². The van der Waals surface area contributed by atoms with E-state index in [-0.39, 0.29) is 11.4 Å².